The van der Waals surface area contributed by atoms with Crippen LogP contribution in [0.15, 0.2) is 23.3 Å². The second kappa shape index (κ2) is 11.5. The summed E-state index contributed by atoms with van der Waals surface area (Å²) in [6.45, 7) is 7.98. The first-order chi connectivity index (χ1) is 11.6. The number of halogens is 1. The van der Waals surface area contributed by atoms with E-state index in [2.05, 4.69) is 45.4 Å². The molecule has 1 aromatic rings. The Bertz CT molecular complexity index is 544. The topological polar surface area (TPSA) is 71.0 Å². The lowest BCUT2D eigenvalue weighted by Crippen LogP contribution is -2.43. The van der Waals surface area contributed by atoms with Gasteiger partial charge in [-0.25, -0.2) is 4.98 Å². The molecule has 1 aliphatic rings. The fourth-order valence-electron chi connectivity index (χ4n) is 2.68. The highest BCUT2D eigenvalue weighted by Gasteiger charge is 2.18. The van der Waals surface area contributed by atoms with Crippen LogP contribution in [0.4, 0.5) is 5.82 Å². The third-order valence-corrected chi connectivity index (χ3v) is 3.86. The van der Waals surface area contributed by atoms with E-state index in [4.69, 9.17) is 9.47 Å². The molecule has 0 amide bonds. The molecule has 2 unspecified atom stereocenters. The van der Waals surface area contributed by atoms with Crippen LogP contribution < -0.4 is 15.5 Å². The molecule has 142 valence electrons. The molecule has 2 atom stereocenters. The summed E-state index contributed by atoms with van der Waals surface area (Å²) >= 11 is 0. The molecular formula is C17H30IN5O2. The number of nitrogens with zero attached hydrogens (tertiary/aromatic N) is 3. The average Bonchev–Trinajstić information content (AvgIpc) is 2.59. The Hall–Kier alpha value is -1.13. The number of rotatable bonds is 6. The molecule has 2 heterocycles. The van der Waals surface area contributed by atoms with Gasteiger partial charge in [0.05, 0.1) is 19.3 Å². The Morgan fingerprint density at radius 1 is 1.56 bits per heavy atom. The number of hydrogen-bond acceptors (Lipinski definition) is 5. The molecule has 0 aliphatic carbocycles. The highest BCUT2D eigenvalue weighted by atomic mass is 127. The van der Waals surface area contributed by atoms with Gasteiger partial charge >= 0.3 is 0 Å². The fraction of sp³-hybridized carbons (Fsp3) is 0.647. The number of guanidine groups is 1. The zero-order chi connectivity index (χ0) is 17.4. The van der Waals surface area contributed by atoms with Crippen molar-refractivity contribution in [2.45, 2.75) is 32.5 Å². The van der Waals surface area contributed by atoms with Gasteiger partial charge in [-0.15, -0.1) is 24.0 Å². The van der Waals surface area contributed by atoms with Gasteiger partial charge in [-0.3, -0.25) is 4.99 Å². The van der Waals surface area contributed by atoms with Gasteiger partial charge in [0.25, 0.3) is 0 Å². The summed E-state index contributed by atoms with van der Waals surface area (Å²) in [5, 5.41) is 6.62. The SMILES string of the molecule is CN=C(NCc1ccnc(N2CCOC(C)C2)c1)NC(C)COC.I. The lowest BCUT2D eigenvalue weighted by molar-refractivity contribution is 0.0529. The van der Waals surface area contributed by atoms with E-state index < -0.39 is 0 Å². The molecule has 2 N–H and O–H groups in total. The monoisotopic (exact) mass is 463 g/mol. The standard InChI is InChI=1S/C17H29N5O2.HI/c1-13(12-23-4)21-17(18-3)20-10-15-5-6-19-16(9-15)22-7-8-24-14(2)11-22;/h5-6,9,13-14H,7-8,10-12H2,1-4H3,(H2,18,20,21);1H. The predicted molar refractivity (Wildman–Crippen MR) is 112 cm³/mol. The van der Waals surface area contributed by atoms with E-state index in [0.29, 0.717) is 13.2 Å². The second-order valence-electron chi connectivity index (χ2n) is 6.08. The summed E-state index contributed by atoms with van der Waals surface area (Å²) in [6.07, 6.45) is 2.10. The Balaban J connectivity index is 0.00000312. The van der Waals surface area contributed by atoms with Crippen LogP contribution in [0.1, 0.15) is 19.4 Å². The van der Waals surface area contributed by atoms with Gasteiger partial charge in [0.2, 0.25) is 0 Å². The summed E-state index contributed by atoms with van der Waals surface area (Å²) in [6, 6.07) is 4.34. The number of methoxy groups -OCH3 is 1. The number of nitrogens with one attached hydrogen (secondary N) is 2. The number of hydrogen-bond donors (Lipinski definition) is 2. The van der Waals surface area contributed by atoms with Crippen molar-refractivity contribution >= 4 is 35.8 Å². The maximum atomic E-state index is 5.59. The molecule has 0 spiro atoms. The number of pyridine rings is 1. The number of aliphatic imine (C=N–C) groups is 1. The van der Waals surface area contributed by atoms with Crippen molar-refractivity contribution in [3.8, 4) is 0 Å². The van der Waals surface area contributed by atoms with E-state index in [9.17, 15) is 0 Å². The molecular weight excluding hydrogens is 433 g/mol. The van der Waals surface area contributed by atoms with E-state index in [0.717, 1.165) is 31.5 Å². The van der Waals surface area contributed by atoms with E-state index >= 15 is 0 Å². The van der Waals surface area contributed by atoms with E-state index in [1.165, 1.54) is 5.56 Å². The maximum absolute atomic E-state index is 5.59. The largest absolute Gasteiger partial charge is 0.383 e. The van der Waals surface area contributed by atoms with Crippen molar-refractivity contribution in [2.75, 3.05) is 45.4 Å². The molecule has 1 aliphatic heterocycles. The predicted octanol–water partition coefficient (Wildman–Crippen LogP) is 1.62. The van der Waals surface area contributed by atoms with Gasteiger partial charge in [-0.2, -0.15) is 0 Å². The number of ether oxygens (including phenoxy) is 2. The van der Waals surface area contributed by atoms with Crippen molar-refractivity contribution in [3.05, 3.63) is 23.9 Å². The number of anilines is 1. The summed E-state index contributed by atoms with van der Waals surface area (Å²) in [5.41, 5.74) is 1.17. The van der Waals surface area contributed by atoms with Crippen molar-refractivity contribution < 1.29 is 9.47 Å². The average molecular weight is 463 g/mol. The molecule has 0 bridgehead atoms. The molecule has 2 rings (SSSR count). The number of aromatic nitrogens is 1. The smallest absolute Gasteiger partial charge is 0.191 e. The lowest BCUT2D eigenvalue weighted by atomic mass is 10.2. The van der Waals surface area contributed by atoms with Crippen LogP contribution in [-0.4, -0.2) is 63.6 Å². The summed E-state index contributed by atoms with van der Waals surface area (Å²) in [4.78, 5) is 11.0. The quantitative estimate of drug-likeness (QED) is 0.380. The summed E-state index contributed by atoms with van der Waals surface area (Å²) in [5.74, 6) is 1.76. The maximum Gasteiger partial charge on any atom is 0.191 e. The first-order valence-electron chi connectivity index (χ1n) is 8.40. The third-order valence-electron chi connectivity index (χ3n) is 3.86. The van der Waals surface area contributed by atoms with Crippen molar-refractivity contribution in [3.63, 3.8) is 0 Å². The fourth-order valence-corrected chi connectivity index (χ4v) is 2.68. The van der Waals surface area contributed by atoms with Gasteiger partial charge in [0.1, 0.15) is 5.82 Å². The zero-order valence-corrected chi connectivity index (χ0v) is 17.8. The van der Waals surface area contributed by atoms with Crippen LogP contribution >= 0.6 is 24.0 Å². The van der Waals surface area contributed by atoms with Crippen LogP contribution in [0.2, 0.25) is 0 Å². The van der Waals surface area contributed by atoms with Gasteiger partial charge in [-0.05, 0) is 31.5 Å². The van der Waals surface area contributed by atoms with Crippen LogP contribution in [-0.2, 0) is 16.0 Å². The zero-order valence-electron chi connectivity index (χ0n) is 15.5. The molecule has 1 fully saturated rings. The minimum absolute atomic E-state index is 0. The number of morpholine rings is 1. The van der Waals surface area contributed by atoms with Gasteiger partial charge in [0, 0.05) is 46.0 Å². The minimum atomic E-state index is 0. The van der Waals surface area contributed by atoms with Crippen molar-refractivity contribution in [1.29, 1.82) is 0 Å². The Morgan fingerprint density at radius 2 is 2.36 bits per heavy atom. The molecule has 1 aromatic heterocycles. The first-order valence-corrected chi connectivity index (χ1v) is 8.40. The van der Waals surface area contributed by atoms with Crippen LogP contribution in [0.5, 0.6) is 0 Å². The van der Waals surface area contributed by atoms with Crippen LogP contribution in [0, 0.1) is 0 Å². The van der Waals surface area contributed by atoms with Gasteiger partial charge < -0.3 is 25.0 Å². The molecule has 0 radical (unpaired) electrons. The normalized spacial score (nSPS) is 19.1. The molecule has 8 heteroatoms. The van der Waals surface area contributed by atoms with Crippen LogP contribution in [0.25, 0.3) is 0 Å². The van der Waals surface area contributed by atoms with Crippen LogP contribution in [0.3, 0.4) is 0 Å². The van der Waals surface area contributed by atoms with E-state index in [1.807, 2.05) is 12.3 Å². The highest BCUT2D eigenvalue weighted by Crippen LogP contribution is 2.16. The van der Waals surface area contributed by atoms with Gasteiger partial charge in [0.15, 0.2) is 5.96 Å². The molecule has 0 saturated carbocycles. The molecule has 1 saturated heterocycles. The third kappa shape index (κ3) is 7.33. The summed E-state index contributed by atoms with van der Waals surface area (Å²) < 4.78 is 10.7. The molecule has 7 nitrogen and oxygen atoms in total. The summed E-state index contributed by atoms with van der Waals surface area (Å²) in [7, 11) is 3.46. The van der Waals surface area contributed by atoms with E-state index in [-0.39, 0.29) is 36.1 Å². The molecule has 0 aromatic carbocycles. The Kier molecular flexibility index (Phi) is 10.1. The molecule has 25 heavy (non-hydrogen) atoms. The van der Waals surface area contributed by atoms with Gasteiger partial charge in [-0.1, -0.05) is 0 Å². The highest BCUT2D eigenvalue weighted by molar-refractivity contribution is 14.0. The minimum Gasteiger partial charge on any atom is -0.383 e. The second-order valence-corrected chi connectivity index (χ2v) is 6.08. The Labute approximate surface area is 167 Å². The van der Waals surface area contributed by atoms with Crippen molar-refractivity contribution in [2.24, 2.45) is 4.99 Å². The first kappa shape index (κ1) is 21.9. The Morgan fingerprint density at radius 3 is 3.04 bits per heavy atom. The van der Waals surface area contributed by atoms with E-state index in [1.54, 1.807) is 14.2 Å². The lowest BCUT2D eigenvalue weighted by Gasteiger charge is -2.32. The van der Waals surface area contributed by atoms with Crippen molar-refractivity contribution in [1.82, 2.24) is 15.6 Å².